The van der Waals surface area contributed by atoms with Gasteiger partial charge in [0.1, 0.15) is 0 Å². The second-order valence-corrected chi connectivity index (χ2v) is 17.8. The third-order valence-electron chi connectivity index (χ3n) is 15.2. The third kappa shape index (κ3) is 3.91. The number of hydrogen-bond acceptors (Lipinski definition) is 1. The number of hydrogen-bond donors (Lipinski definition) is 0. The lowest BCUT2D eigenvalue weighted by Gasteiger charge is -2.39. The summed E-state index contributed by atoms with van der Waals surface area (Å²) in [4.78, 5) is 2.57. The summed E-state index contributed by atoms with van der Waals surface area (Å²) in [6, 6.07) is 86.9. The minimum atomic E-state index is -0.558. The predicted molar refractivity (Wildman–Crippen MR) is 263 cm³/mol. The Morgan fingerprint density at radius 2 is 0.719 bits per heavy atom. The van der Waals surface area contributed by atoms with Crippen molar-refractivity contribution in [3.8, 4) is 39.1 Å². The van der Waals surface area contributed by atoms with Crippen LogP contribution in [-0.2, 0) is 10.8 Å². The van der Waals surface area contributed by atoms with E-state index in [1.165, 1.54) is 117 Å². The van der Waals surface area contributed by atoms with Gasteiger partial charge in [0.2, 0.25) is 0 Å². The van der Waals surface area contributed by atoms with Crippen LogP contribution in [0.3, 0.4) is 0 Å². The van der Waals surface area contributed by atoms with Crippen LogP contribution in [0.25, 0.3) is 60.9 Å². The average Bonchev–Trinajstić information content (AvgIpc) is 4.06. The van der Waals surface area contributed by atoms with Gasteiger partial charge in [-0.15, -0.1) is 0 Å². The average molecular weight is 811 g/mol. The van der Waals surface area contributed by atoms with E-state index in [1.54, 1.807) is 0 Å². The molecule has 11 aromatic rings. The fraction of sp³-hybridized carbons (Fsp3) is 0.0323. The van der Waals surface area contributed by atoms with Crippen molar-refractivity contribution in [3.05, 3.63) is 275 Å². The first kappa shape index (κ1) is 34.4. The summed E-state index contributed by atoms with van der Waals surface area (Å²) in [5, 5.41) is 2.57. The monoisotopic (exact) mass is 810 g/mol. The fourth-order valence-corrected chi connectivity index (χ4v) is 13.1. The highest BCUT2D eigenvalue weighted by atomic mass is 15.1. The highest BCUT2D eigenvalue weighted by Gasteiger charge is 2.54. The molecule has 0 N–H and O–H groups in total. The molecule has 2 spiro atoms. The molecule has 15 rings (SSSR count). The maximum absolute atomic E-state index is 2.57. The fourth-order valence-electron chi connectivity index (χ4n) is 13.1. The Kier molecular flexibility index (Phi) is 6.58. The van der Waals surface area contributed by atoms with Gasteiger partial charge in [0.15, 0.2) is 0 Å². The molecule has 2 heterocycles. The van der Waals surface area contributed by atoms with E-state index in [0.717, 1.165) is 5.69 Å². The largest absolute Gasteiger partial charge is 0.309 e. The Morgan fingerprint density at radius 3 is 1.34 bits per heavy atom. The zero-order valence-corrected chi connectivity index (χ0v) is 34.8. The summed E-state index contributed by atoms with van der Waals surface area (Å²) in [5.74, 6) is 0. The molecular weight excluding hydrogens is 773 g/mol. The summed E-state index contributed by atoms with van der Waals surface area (Å²) >= 11 is 0. The van der Waals surface area contributed by atoms with Gasteiger partial charge in [-0.1, -0.05) is 194 Å². The summed E-state index contributed by atoms with van der Waals surface area (Å²) in [5.41, 5.74) is 24.6. The molecule has 2 nitrogen and oxygen atoms in total. The third-order valence-corrected chi connectivity index (χ3v) is 15.2. The van der Waals surface area contributed by atoms with Gasteiger partial charge in [-0.05, 0) is 103 Å². The van der Waals surface area contributed by atoms with Crippen LogP contribution < -0.4 is 4.90 Å². The van der Waals surface area contributed by atoms with Gasteiger partial charge in [-0.2, -0.15) is 0 Å². The molecule has 1 atom stereocenters. The molecule has 4 aliphatic rings. The minimum absolute atomic E-state index is 0.449. The van der Waals surface area contributed by atoms with Crippen LogP contribution in [0.5, 0.6) is 0 Å². The second kappa shape index (κ2) is 12.2. The molecule has 2 heteroatoms. The van der Waals surface area contributed by atoms with Crippen LogP contribution in [0.2, 0.25) is 0 Å². The van der Waals surface area contributed by atoms with E-state index in [2.05, 4.69) is 240 Å². The van der Waals surface area contributed by atoms with Crippen LogP contribution in [0.1, 0.15) is 44.5 Å². The SMILES string of the molecule is c1ccc(N(c2cccc3c2-c2ccccc2C32c3ccccc3-c3ccccc32)c2cccc3c2-c2ccccc2C32c3ccccc3-n3c4ccccc4c4cccc2c43)cc1. The van der Waals surface area contributed by atoms with E-state index >= 15 is 0 Å². The molecule has 1 aromatic heterocycles. The number of rotatable bonds is 3. The quantitative estimate of drug-likeness (QED) is 0.173. The van der Waals surface area contributed by atoms with Crippen molar-refractivity contribution in [1.29, 1.82) is 0 Å². The molecular formula is C62H38N2. The Hall–Kier alpha value is -8.20. The van der Waals surface area contributed by atoms with E-state index in [1.807, 2.05) is 0 Å². The van der Waals surface area contributed by atoms with E-state index in [0.29, 0.717) is 0 Å². The highest BCUT2D eigenvalue weighted by Crippen LogP contribution is 2.67. The molecule has 0 saturated carbocycles. The molecule has 1 unspecified atom stereocenters. The number of benzene rings is 10. The number of anilines is 3. The standard InChI is InChI=1S/C62H38N2/c1-2-19-39(20-3-1)63(56-37-17-32-51-58(56)44-24-6-11-29-48(44)61(51)46-27-9-4-21-40(46)41-22-5-10-28-47(41)61)57-38-18-33-52-59(57)45-25-7-12-30-49(45)62(52)50-31-13-15-36-55(50)64-54-35-14-8-23-42(54)43-26-16-34-53(62)60(43)64/h1-38H. The van der Waals surface area contributed by atoms with Crippen LogP contribution in [0, 0.1) is 0 Å². The topological polar surface area (TPSA) is 8.17 Å². The zero-order chi connectivity index (χ0) is 41.7. The molecule has 0 saturated heterocycles. The van der Waals surface area contributed by atoms with Gasteiger partial charge in [-0.25, -0.2) is 0 Å². The number of aromatic nitrogens is 1. The van der Waals surface area contributed by atoms with Gasteiger partial charge in [0.25, 0.3) is 0 Å². The lowest BCUT2D eigenvalue weighted by molar-refractivity contribution is 0.748. The first-order valence-corrected chi connectivity index (χ1v) is 22.4. The number of fused-ring (bicyclic) bond motifs is 22. The van der Waals surface area contributed by atoms with Crippen molar-refractivity contribution >= 4 is 38.9 Å². The van der Waals surface area contributed by atoms with Gasteiger partial charge in [0, 0.05) is 27.6 Å². The Morgan fingerprint density at radius 1 is 0.297 bits per heavy atom. The smallest absolute Gasteiger partial charge is 0.0755 e. The molecule has 3 aliphatic carbocycles. The summed E-state index contributed by atoms with van der Waals surface area (Å²) in [6.07, 6.45) is 0. The van der Waals surface area contributed by atoms with Gasteiger partial charge in [0.05, 0.1) is 38.9 Å². The van der Waals surface area contributed by atoms with Crippen molar-refractivity contribution in [2.75, 3.05) is 4.90 Å². The second-order valence-electron chi connectivity index (χ2n) is 17.8. The van der Waals surface area contributed by atoms with Crippen molar-refractivity contribution in [3.63, 3.8) is 0 Å². The molecule has 0 bridgehead atoms. The highest BCUT2D eigenvalue weighted by molar-refractivity contribution is 6.13. The maximum Gasteiger partial charge on any atom is 0.0755 e. The molecule has 0 fully saturated rings. The molecule has 1 aliphatic heterocycles. The Labute approximate surface area is 371 Å². The van der Waals surface area contributed by atoms with Crippen LogP contribution in [0.4, 0.5) is 17.1 Å². The molecule has 296 valence electrons. The van der Waals surface area contributed by atoms with Crippen molar-refractivity contribution in [2.24, 2.45) is 0 Å². The van der Waals surface area contributed by atoms with Gasteiger partial charge < -0.3 is 9.47 Å². The first-order valence-electron chi connectivity index (χ1n) is 22.4. The van der Waals surface area contributed by atoms with Crippen molar-refractivity contribution < 1.29 is 0 Å². The number of nitrogens with zero attached hydrogens (tertiary/aromatic N) is 2. The maximum atomic E-state index is 2.57. The van der Waals surface area contributed by atoms with Crippen LogP contribution in [0.15, 0.2) is 231 Å². The first-order chi connectivity index (χ1) is 31.8. The van der Waals surface area contributed by atoms with E-state index < -0.39 is 10.8 Å². The van der Waals surface area contributed by atoms with Crippen molar-refractivity contribution in [2.45, 2.75) is 10.8 Å². The summed E-state index contributed by atoms with van der Waals surface area (Å²) in [6.45, 7) is 0. The molecule has 0 radical (unpaired) electrons. The van der Waals surface area contributed by atoms with Crippen molar-refractivity contribution in [1.82, 2.24) is 4.57 Å². The lowest BCUT2D eigenvalue weighted by atomic mass is 9.65. The van der Waals surface area contributed by atoms with Gasteiger partial charge >= 0.3 is 0 Å². The molecule has 10 aromatic carbocycles. The summed E-state index contributed by atoms with van der Waals surface area (Å²) in [7, 11) is 0. The Bertz CT molecular complexity index is 3770. The minimum Gasteiger partial charge on any atom is -0.309 e. The van der Waals surface area contributed by atoms with Gasteiger partial charge in [-0.3, -0.25) is 0 Å². The lowest BCUT2D eigenvalue weighted by Crippen LogP contribution is -2.33. The van der Waals surface area contributed by atoms with Crippen LogP contribution >= 0.6 is 0 Å². The predicted octanol–water partition coefficient (Wildman–Crippen LogP) is 15.3. The van der Waals surface area contributed by atoms with E-state index in [-0.39, 0.29) is 0 Å². The zero-order valence-electron chi connectivity index (χ0n) is 34.8. The molecule has 64 heavy (non-hydrogen) atoms. The Balaban J connectivity index is 1.06. The van der Waals surface area contributed by atoms with Crippen LogP contribution in [-0.4, -0.2) is 4.57 Å². The normalized spacial score (nSPS) is 16.0. The van der Waals surface area contributed by atoms with E-state index in [4.69, 9.17) is 0 Å². The summed E-state index contributed by atoms with van der Waals surface area (Å²) < 4.78 is 2.53. The molecule has 0 amide bonds. The van der Waals surface area contributed by atoms with E-state index in [9.17, 15) is 0 Å². The number of para-hydroxylation sites is 4.